The molecule has 6 aromatic rings. The van der Waals surface area contributed by atoms with Gasteiger partial charge < -0.3 is 50.2 Å². The second-order valence-corrected chi connectivity index (χ2v) is 23.7. The van der Waals surface area contributed by atoms with Gasteiger partial charge in [-0.3, -0.25) is 19.4 Å². The van der Waals surface area contributed by atoms with Crippen molar-refractivity contribution in [3.8, 4) is 34.5 Å². The van der Waals surface area contributed by atoms with Gasteiger partial charge in [0.2, 0.25) is 13.1 Å². The van der Waals surface area contributed by atoms with Crippen LogP contribution in [0.15, 0.2) is 49.1 Å². The molecule has 2 aromatic carbocycles. The highest BCUT2D eigenvalue weighted by Gasteiger charge is 2.43. The van der Waals surface area contributed by atoms with E-state index in [2.05, 4.69) is 52.8 Å². The van der Waals surface area contributed by atoms with Crippen LogP contribution in [0.3, 0.4) is 0 Å². The first-order valence-electron chi connectivity index (χ1n) is 28.7. The van der Waals surface area contributed by atoms with Gasteiger partial charge in [-0.05, 0) is 76.2 Å². The van der Waals surface area contributed by atoms with Crippen LogP contribution in [-0.2, 0) is 21.9 Å². The lowest BCUT2D eigenvalue weighted by atomic mass is 9.99. The number of halogens is 14. The number of rotatable bonds is 14. The van der Waals surface area contributed by atoms with Crippen LogP contribution in [0.5, 0.6) is 12.0 Å². The van der Waals surface area contributed by atoms with Crippen molar-refractivity contribution in [2.75, 3.05) is 114 Å². The van der Waals surface area contributed by atoms with E-state index in [1.165, 1.54) is 21.9 Å². The number of anilines is 4. The first-order valence-corrected chi connectivity index (χ1v) is 29.5. The van der Waals surface area contributed by atoms with Crippen LogP contribution >= 0.6 is 23.2 Å². The molecule has 4 aliphatic heterocycles. The number of piperazine rings is 2. The Morgan fingerprint density at radius 3 is 1.28 bits per heavy atom. The molecular formula is C60H58Cl2F12N16O4. The maximum absolute atomic E-state index is 16.6. The third kappa shape index (κ3) is 14.5. The van der Waals surface area contributed by atoms with Crippen molar-refractivity contribution in [2.24, 2.45) is 0 Å². The number of pyridine rings is 2. The Balaban J connectivity index is 0.000000221. The fourth-order valence-corrected chi connectivity index (χ4v) is 12.6. The summed E-state index contributed by atoms with van der Waals surface area (Å²) >= 11 is 13.0. The van der Waals surface area contributed by atoms with E-state index in [0.29, 0.717) is 0 Å². The SMILES string of the molecule is [C-]#[N+]C[C@@H]1CN(c2nc(OC[C@@H]3C[C@@H](F)CN3C)nc3c(F)c(-c4nc(N)cc(C)c4C(F)(F)F)c(Cl)cc23)CCN1C(=O)C(=C)F.[C-]#[N+]C[C@H]1CN(c2nc(OC[C@@H]3C[C@@H](F)CN3C)nc3c(F)c(-c4nc(N)cc(C)c4C(F)(F)F)c(Cl)cc23)CCN1C(=O)C(=C)F. The Labute approximate surface area is 539 Å². The molecular weight excluding hydrogens is 1310 g/mol. The van der Waals surface area contributed by atoms with E-state index in [1.807, 2.05) is 0 Å². The molecule has 0 radical (unpaired) electrons. The van der Waals surface area contributed by atoms with E-state index < -0.39 is 127 Å². The minimum absolute atomic E-state index is 0.0177. The molecule has 10 rings (SSSR count). The monoisotopic (exact) mass is 1360 g/mol. The zero-order valence-electron chi connectivity index (χ0n) is 50.4. The van der Waals surface area contributed by atoms with Gasteiger partial charge in [0.25, 0.3) is 11.8 Å². The normalized spacial score (nSPS) is 20.5. The van der Waals surface area contributed by atoms with Crippen LogP contribution in [0, 0.1) is 38.6 Å². The van der Waals surface area contributed by atoms with E-state index in [0.717, 1.165) is 26.0 Å². The summed E-state index contributed by atoms with van der Waals surface area (Å²) in [5.41, 5.74) is 4.49. The summed E-state index contributed by atoms with van der Waals surface area (Å²) in [5, 5.41) is -0.927. The van der Waals surface area contributed by atoms with Crippen LogP contribution in [0.2, 0.25) is 10.0 Å². The molecule has 20 nitrogen and oxygen atoms in total. The number of likely N-dealkylation sites (tertiary alicyclic amines) is 2. The second kappa shape index (κ2) is 27.7. The van der Waals surface area contributed by atoms with Crippen LogP contribution in [0.25, 0.3) is 54.0 Å². The number of nitrogens with two attached hydrogens (primary N) is 2. The van der Waals surface area contributed by atoms with E-state index in [9.17, 15) is 53.5 Å². The number of carbonyl (C=O) groups excluding carboxylic acids is 2. The van der Waals surface area contributed by atoms with Gasteiger partial charge in [-0.15, -0.1) is 0 Å². The number of hydrogen-bond donors (Lipinski definition) is 2. The molecule has 4 aliphatic rings. The topological polar surface area (TPSA) is 210 Å². The Morgan fingerprint density at radius 1 is 0.606 bits per heavy atom. The molecule has 4 saturated heterocycles. The lowest BCUT2D eigenvalue weighted by Crippen LogP contribution is -2.56. The first kappa shape index (κ1) is 69.6. The Bertz CT molecular complexity index is 3830. The van der Waals surface area contributed by atoms with Crippen molar-refractivity contribution >= 4 is 80.1 Å². The molecule has 4 fully saturated rings. The highest BCUT2D eigenvalue weighted by Crippen LogP contribution is 2.47. The van der Waals surface area contributed by atoms with Gasteiger partial charge in [0.15, 0.2) is 23.3 Å². The molecule has 500 valence electrons. The highest BCUT2D eigenvalue weighted by molar-refractivity contribution is 6.35. The number of carbonyl (C=O) groups is 2. The summed E-state index contributed by atoms with van der Waals surface area (Å²) in [7, 11) is 3.41. The summed E-state index contributed by atoms with van der Waals surface area (Å²) in [6.45, 7) is 22.7. The molecule has 4 aromatic heterocycles. The standard InChI is InChI=1S/2C30H29ClF6N8O2/c2*1-14-7-21(38)40-26(23(14)30(35,36)37)22-20(31)9-19-25(24(22)34)41-29(47-13-17-8-16(33)11-43(17)4)42-27(19)44-5-6-45(28(46)15(2)32)18(12-44)10-39-3/h2*7,9,16-18H,2,5-6,8,10-13H2,1,4H3,(H2,38,40)/t16-,17+,18+;16-,17+,18-/m11/s1. The maximum atomic E-state index is 16.6. The predicted molar refractivity (Wildman–Crippen MR) is 325 cm³/mol. The number of alkyl halides is 8. The molecule has 0 bridgehead atoms. The van der Waals surface area contributed by atoms with Crippen LogP contribution < -0.4 is 30.7 Å². The van der Waals surface area contributed by atoms with Gasteiger partial charge in [-0.25, -0.2) is 49.5 Å². The summed E-state index contributed by atoms with van der Waals surface area (Å²) in [6, 6.07) is 1.31. The molecule has 4 N–H and O–H groups in total. The van der Waals surface area contributed by atoms with Crippen LogP contribution in [0.4, 0.5) is 76.0 Å². The predicted octanol–water partition coefficient (Wildman–Crippen LogP) is 10.5. The van der Waals surface area contributed by atoms with Crippen molar-refractivity contribution in [3.05, 3.63) is 116 Å². The molecule has 94 heavy (non-hydrogen) atoms. The fourth-order valence-electron chi connectivity index (χ4n) is 12.1. The zero-order chi connectivity index (χ0) is 68.7. The van der Waals surface area contributed by atoms with Crippen molar-refractivity contribution in [1.82, 2.24) is 49.5 Å². The summed E-state index contributed by atoms with van der Waals surface area (Å²) in [5.74, 6) is -7.40. The summed E-state index contributed by atoms with van der Waals surface area (Å²) < 4.78 is 186. The average Bonchev–Trinajstić information content (AvgIpc) is 0.858. The van der Waals surface area contributed by atoms with E-state index in [-0.39, 0.29) is 161 Å². The summed E-state index contributed by atoms with van der Waals surface area (Å²) in [6.07, 6.45) is -11.7. The number of amides is 2. The van der Waals surface area contributed by atoms with Gasteiger partial charge in [-0.2, -0.15) is 46.3 Å². The Kier molecular flexibility index (Phi) is 20.5. The van der Waals surface area contributed by atoms with Gasteiger partial charge in [0.1, 0.15) is 71.9 Å². The lowest BCUT2D eigenvalue weighted by Gasteiger charge is -2.39. The second-order valence-electron chi connectivity index (χ2n) is 22.9. The largest absolute Gasteiger partial charge is 0.462 e. The van der Waals surface area contributed by atoms with Gasteiger partial charge >= 0.3 is 24.4 Å². The van der Waals surface area contributed by atoms with E-state index in [4.69, 9.17) is 57.3 Å². The number of aryl methyl sites for hydroxylation is 2. The molecule has 0 unspecified atom stereocenters. The number of nitrogen functional groups attached to an aromatic ring is 2. The lowest BCUT2D eigenvalue weighted by molar-refractivity contribution is -0.138. The number of fused-ring (bicyclic) bond motifs is 2. The number of benzene rings is 2. The van der Waals surface area contributed by atoms with E-state index in [1.54, 1.807) is 33.7 Å². The number of hydrogen-bond acceptors (Lipinski definition) is 16. The first-order chi connectivity index (χ1) is 44.2. The minimum Gasteiger partial charge on any atom is -0.462 e. The van der Waals surface area contributed by atoms with Crippen LogP contribution in [-0.4, -0.2) is 191 Å². The smallest absolute Gasteiger partial charge is 0.418 e. The van der Waals surface area contributed by atoms with Crippen molar-refractivity contribution in [1.29, 1.82) is 0 Å². The zero-order valence-corrected chi connectivity index (χ0v) is 51.9. The third-order valence-corrected chi connectivity index (χ3v) is 17.0. The quantitative estimate of drug-likeness (QED) is 0.0590. The fraction of sp³-hybridized carbons (Fsp3) is 0.433. The molecule has 6 atom stereocenters. The minimum atomic E-state index is -4.95. The number of aromatic nitrogens is 6. The van der Waals surface area contributed by atoms with Crippen molar-refractivity contribution < 1.29 is 71.7 Å². The Morgan fingerprint density at radius 2 is 0.968 bits per heavy atom. The molecule has 34 heteroatoms. The molecule has 0 aliphatic carbocycles. The molecule has 8 heterocycles. The highest BCUT2D eigenvalue weighted by atomic mass is 35.5. The molecule has 0 spiro atoms. The maximum Gasteiger partial charge on any atom is 0.418 e. The molecule has 0 saturated carbocycles. The third-order valence-electron chi connectivity index (χ3n) is 16.4. The summed E-state index contributed by atoms with van der Waals surface area (Å²) in [4.78, 5) is 65.6. The van der Waals surface area contributed by atoms with Gasteiger partial charge in [0.05, 0.1) is 43.7 Å². The number of ether oxygens (including phenoxy) is 2. The molecule has 2 amide bonds. The number of likely N-dealkylation sites (N-methyl/N-ethyl adjacent to an activating group) is 2. The van der Waals surface area contributed by atoms with Gasteiger partial charge in [-0.1, -0.05) is 36.4 Å². The van der Waals surface area contributed by atoms with E-state index >= 15 is 8.78 Å². The van der Waals surface area contributed by atoms with Crippen molar-refractivity contribution in [3.63, 3.8) is 0 Å². The Hall–Kier alpha value is -8.72. The average molecular weight is 1370 g/mol. The van der Waals surface area contributed by atoms with Crippen LogP contribution in [0.1, 0.15) is 35.1 Å². The van der Waals surface area contributed by atoms with Gasteiger partial charge in [0, 0.05) is 75.2 Å². The number of nitrogens with zero attached hydrogens (tertiary/aromatic N) is 14. The van der Waals surface area contributed by atoms with Crippen molar-refractivity contribution in [2.45, 2.75) is 75.6 Å².